The molecule has 1 unspecified atom stereocenters. The molecule has 1 spiro atoms. The van der Waals surface area contributed by atoms with Crippen molar-refractivity contribution in [2.24, 2.45) is 5.92 Å². The lowest BCUT2D eigenvalue weighted by atomic mass is 9.77. The maximum atomic E-state index is 3.85. The molecule has 1 saturated carbocycles. The van der Waals surface area contributed by atoms with Crippen LogP contribution in [0.4, 0.5) is 0 Å². The summed E-state index contributed by atoms with van der Waals surface area (Å²) < 4.78 is 0. The van der Waals surface area contributed by atoms with Gasteiger partial charge in [0.1, 0.15) is 0 Å². The monoisotopic (exact) mass is 284 g/mol. The lowest BCUT2D eigenvalue weighted by Crippen LogP contribution is -2.66. The largest absolute Gasteiger partial charge is 0.311 e. The molecule has 19 heavy (non-hydrogen) atoms. The fraction of sp³-hybridized carbons (Fsp3) is 1.00. The summed E-state index contributed by atoms with van der Waals surface area (Å²) in [6.45, 7) is 10.8. The Hall–Kier alpha value is 0.270. The minimum Gasteiger partial charge on any atom is -0.311 e. The minimum atomic E-state index is 0.498. The molecule has 2 aliphatic rings. The van der Waals surface area contributed by atoms with Crippen LogP contribution in [0.3, 0.4) is 0 Å². The Balaban J connectivity index is 1.99. The molecule has 1 aliphatic heterocycles. The molecule has 0 radical (unpaired) electrons. The molecule has 0 aromatic heterocycles. The van der Waals surface area contributed by atoms with Crippen LogP contribution in [0.1, 0.15) is 52.9 Å². The average molecular weight is 285 g/mol. The molecule has 3 heteroatoms. The van der Waals surface area contributed by atoms with E-state index in [2.05, 4.69) is 42.7 Å². The van der Waals surface area contributed by atoms with E-state index < -0.39 is 0 Å². The van der Waals surface area contributed by atoms with Gasteiger partial charge in [-0.3, -0.25) is 4.90 Å². The Morgan fingerprint density at radius 3 is 2.63 bits per heavy atom. The number of thioether (sulfide) groups is 1. The molecule has 0 bridgehead atoms. The van der Waals surface area contributed by atoms with Gasteiger partial charge in [-0.15, -0.1) is 0 Å². The first kappa shape index (κ1) is 15.7. The quantitative estimate of drug-likeness (QED) is 0.779. The van der Waals surface area contributed by atoms with E-state index in [0.717, 1.165) is 5.92 Å². The zero-order chi connectivity index (χ0) is 13.7. The van der Waals surface area contributed by atoms with E-state index in [1.54, 1.807) is 0 Å². The summed E-state index contributed by atoms with van der Waals surface area (Å²) in [6.07, 6.45) is 7.16. The summed E-state index contributed by atoms with van der Waals surface area (Å²) in [5, 5.41) is 3.85. The lowest BCUT2D eigenvalue weighted by molar-refractivity contribution is 0.00715. The first-order chi connectivity index (χ1) is 9.18. The molecule has 1 atom stereocenters. The van der Waals surface area contributed by atoms with Crippen molar-refractivity contribution in [1.82, 2.24) is 10.2 Å². The molecule has 112 valence electrons. The third kappa shape index (κ3) is 3.89. The first-order valence-corrected chi connectivity index (χ1v) is 9.39. The van der Waals surface area contributed by atoms with Crippen molar-refractivity contribution in [3.05, 3.63) is 0 Å². The molecule has 0 aromatic rings. The lowest BCUT2D eigenvalue weighted by Gasteiger charge is -2.53. The van der Waals surface area contributed by atoms with Gasteiger partial charge in [0.25, 0.3) is 0 Å². The van der Waals surface area contributed by atoms with Crippen molar-refractivity contribution in [1.29, 1.82) is 0 Å². The predicted molar refractivity (Wildman–Crippen MR) is 87.0 cm³/mol. The van der Waals surface area contributed by atoms with Gasteiger partial charge in [0.05, 0.1) is 0 Å². The van der Waals surface area contributed by atoms with Crippen LogP contribution in [0, 0.1) is 5.92 Å². The number of nitrogens with zero attached hydrogens (tertiary/aromatic N) is 1. The highest BCUT2D eigenvalue weighted by Crippen LogP contribution is 2.36. The van der Waals surface area contributed by atoms with Crippen LogP contribution in [-0.2, 0) is 0 Å². The Labute approximate surface area is 124 Å². The van der Waals surface area contributed by atoms with Crippen molar-refractivity contribution >= 4 is 11.8 Å². The second kappa shape index (κ2) is 7.33. The summed E-state index contributed by atoms with van der Waals surface area (Å²) >= 11 is 2.10. The van der Waals surface area contributed by atoms with E-state index in [4.69, 9.17) is 0 Å². The Morgan fingerprint density at radius 1 is 1.26 bits per heavy atom. The first-order valence-electron chi connectivity index (χ1n) is 8.24. The van der Waals surface area contributed by atoms with Gasteiger partial charge in [-0.2, -0.15) is 11.8 Å². The molecule has 2 fully saturated rings. The van der Waals surface area contributed by atoms with Gasteiger partial charge in [0.15, 0.2) is 0 Å². The summed E-state index contributed by atoms with van der Waals surface area (Å²) in [7, 11) is 0. The van der Waals surface area contributed by atoms with Crippen molar-refractivity contribution < 1.29 is 0 Å². The fourth-order valence-electron chi connectivity index (χ4n) is 3.73. The maximum Gasteiger partial charge on any atom is 0.0335 e. The molecule has 2 rings (SSSR count). The highest BCUT2D eigenvalue weighted by molar-refractivity contribution is 7.99. The van der Waals surface area contributed by atoms with Crippen LogP contribution in [0.15, 0.2) is 0 Å². The third-order valence-corrected chi connectivity index (χ3v) is 5.96. The van der Waals surface area contributed by atoms with Crippen molar-refractivity contribution in [2.75, 3.05) is 31.1 Å². The molecule has 1 N–H and O–H groups in total. The molecule has 1 saturated heterocycles. The van der Waals surface area contributed by atoms with Crippen LogP contribution in [0.25, 0.3) is 0 Å². The Bertz CT molecular complexity index is 261. The van der Waals surface area contributed by atoms with E-state index in [9.17, 15) is 0 Å². The fourth-order valence-corrected chi connectivity index (χ4v) is 4.36. The summed E-state index contributed by atoms with van der Waals surface area (Å²) in [4.78, 5) is 2.86. The molecule has 2 nitrogen and oxygen atoms in total. The van der Waals surface area contributed by atoms with E-state index in [1.807, 2.05) is 0 Å². The van der Waals surface area contributed by atoms with Gasteiger partial charge in [0, 0.05) is 37.0 Å². The summed E-state index contributed by atoms with van der Waals surface area (Å²) in [6, 6.07) is 0.694. The van der Waals surface area contributed by atoms with Crippen LogP contribution in [0.5, 0.6) is 0 Å². The van der Waals surface area contributed by atoms with Gasteiger partial charge in [-0.05, 0) is 24.5 Å². The molecule has 1 heterocycles. The predicted octanol–water partition coefficient (Wildman–Crippen LogP) is 3.37. The van der Waals surface area contributed by atoms with Crippen LogP contribution >= 0.6 is 11.8 Å². The molecule has 1 aliphatic carbocycles. The zero-order valence-electron chi connectivity index (χ0n) is 13.1. The van der Waals surface area contributed by atoms with Crippen LogP contribution < -0.4 is 5.32 Å². The standard InChI is InChI=1S/C16H32N2S/c1-4-19-11-10-18-12-15(14(2)3)17-13-16(18)8-6-5-7-9-16/h14-15,17H,4-13H2,1-3H3. The van der Waals surface area contributed by atoms with E-state index in [1.165, 1.54) is 63.2 Å². The number of rotatable bonds is 5. The topological polar surface area (TPSA) is 15.3 Å². The third-order valence-electron chi connectivity index (χ3n) is 5.08. The number of nitrogens with one attached hydrogen (secondary N) is 1. The van der Waals surface area contributed by atoms with Gasteiger partial charge in [0.2, 0.25) is 0 Å². The van der Waals surface area contributed by atoms with E-state index >= 15 is 0 Å². The van der Waals surface area contributed by atoms with E-state index in [0.29, 0.717) is 11.6 Å². The van der Waals surface area contributed by atoms with Gasteiger partial charge >= 0.3 is 0 Å². The van der Waals surface area contributed by atoms with Gasteiger partial charge in [-0.1, -0.05) is 40.0 Å². The smallest absolute Gasteiger partial charge is 0.0335 e. The van der Waals surface area contributed by atoms with Crippen molar-refractivity contribution in [3.63, 3.8) is 0 Å². The summed E-state index contributed by atoms with van der Waals surface area (Å²) in [5.74, 6) is 3.32. The highest BCUT2D eigenvalue weighted by atomic mass is 32.2. The Morgan fingerprint density at radius 2 is 2.00 bits per heavy atom. The van der Waals surface area contributed by atoms with Crippen molar-refractivity contribution in [2.45, 2.75) is 64.5 Å². The maximum absolute atomic E-state index is 3.85. The van der Waals surface area contributed by atoms with Crippen LogP contribution in [-0.4, -0.2) is 47.6 Å². The number of hydrogen-bond acceptors (Lipinski definition) is 3. The normalized spacial score (nSPS) is 28.1. The molecule has 0 amide bonds. The zero-order valence-corrected chi connectivity index (χ0v) is 13.9. The second-order valence-electron chi connectivity index (χ2n) is 6.66. The highest BCUT2D eigenvalue weighted by Gasteiger charge is 2.42. The molecular formula is C16H32N2S. The van der Waals surface area contributed by atoms with E-state index in [-0.39, 0.29) is 0 Å². The number of piperazine rings is 1. The van der Waals surface area contributed by atoms with Gasteiger partial charge in [-0.25, -0.2) is 0 Å². The summed E-state index contributed by atoms with van der Waals surface area (Å²) in [5.41, 5.74) is 0.498. The average Bonchev–Trinajstić information content (AvgIpc) is 2.42. The van der Waals surface area contributed by atoms with Crippen LogP contribution in [0.2, 0.25) is 0 Å². The second-order valence-corrected chi connectivity index (χ2v) is 8.05. The van der Waals surface area contributed by atoms with Crippen molar-refractivity contribution in [3.8, 4) is 0 Å². The SMILES string of the molecule is CCSCCN1CC(C(C)C)NCC12CCCCC2. The van der Waals surface area contributed by atoms with Gasteiger partial charge < -0.3 is 5.32 Å². The number of hydrogen-bond donors (Lipinski definition) is 1. The Kier molecular flexibility index (Phi) is 6.04. The molecular weight excluding hydrogens is 252 g/mol. The molecule has 0 aromatic carbocycles. The minimum absolute atomic E-state index is 0.498.